The summed E-state index contributed by atoms with van der Waals surface area (Å²) in [5.41, 5.74) is 0. The van der Waals surface area contributed by atoms with Crippen molar-refractivity contribution >= 4 is 18.9 Å². The first kappa shape index (κ1) is 8.98. The van der Waals surface area contributed by atoms with Crippen molar-refractivity contribution in [2.75, 3.05) is 0 Å². The van der Waals surface area contributed by atoms with E-state index < -0.39 is 0 Å². The third-order valence-electron chi connectivity index (χ3n) is 0.927. The van der Waals surface area contributed by atoms with Crippen LogP contribution in [0.3, 0.4) is 0 Å². The summed E-state index contributed by atoms with van der Waals surface area (Å²) in [6.07, 6.45) is 0. The minimum atomic E-state index is 0. The van der Waals surface area contributed by atoms with Gasteiger partial charge in [-0.15, -0.1) is 12.4 Å². The third-order valence-corrected chi connectivity index (χ3v) is 0.927. The third kappa shape index (κ3) is 2.51. The van der Waals surface area contributed by atoms with E-state index in [4.69, 9.17) is 0 Å². The van der Waals surface area contributed by atoms with Crippen molar-refractivity contribution in [3.63, 3.8) is 0 Å². The van der Waals surface area contributed by atoms with Gasteiger partial charge in [0.1, 0.15) is 5.75 Å². The first-order valence-corrected chi connectivity index (χ1v) is 2.59. The number of para-hydroxylation sites is 1. The predicted molar refractivity (Wildman–Crippen MR) is 40.4 cm³/mol. The molecular weight excluding hydrogens is 152 g/mol. The average Bonchev–Trinajstić information content (AvgIpc) is 1.91. The summed E-state index contributed by atoms with van der Waals surface area (Å²) in [7, 11) is 0. The van der Waals surface area contributed by atoms with Crippen LogP contribution in [0.1, 0.15) is 0 Å². The van der Waals surface area contributed by atoms with Crippen molar-refractivity contribution in [3.8, 4) is 5.75 Å². The van der Waals surface area contributed by atoms with Gasteiger partial charge in [0.25, 0.3) is 6.47 Å². The molecule has 0 aliphatic heterocycles. The molecule has 0 fully saturated rings. The Morgan fingerprint density at radius 3 is 2.30 bits per heavy atom. The summed E-state index contributed by atoms with van der Waals surface area (Å²) in [5, 5.41) is 0. The molecule has 0 N–H and O–H groups in total. The van der Waals surface area contributed by atoms with Gasteiger partial charge in [-0.3, -0.25) is 4.79 Å². The molecular formula is C7H7ClO2. The maximum Gasteiger partial charge on any atom is 0.298 e. The SMILES string of the molecule is Cl.O=COc1ccccc1. The van der Waals surface area contributed by atoms with Crippen LogP contribution in [0.5, 0.6) is 5.75 Å². The Hall–Kier alpha value is -1.02. The Balaban J connectivity index is 0.000000810. The first-order chi connectivity index (χ1) is 4.43. The Labute approximate surface area is 65.2 Å². The van der Waals surface area contributed by atoms with Crippen LogP contribution < -0.4 is 4.74 Å². The highest BCUT2D eigenvalue weighted by atomic mass is 35.5. The van der Waals surface area contributed by atoms with E-state index in [2.05, 4.69) is 4.74 Å². The zero-order valence-corrected chi connectivity index (χ0v) is 6.01. The minimum Gasteiger partial charge on any atom is -0.429 e. The number of ether oxygens (including phenoxy) is 1. The molecule has 10 heavy (non-hydrogen) atoms. The molecule has 0 bridgehead atoms. The van der Waals surface area contributed by atoms with Crippen molar-refractivity contribution < 1.29 is 9.53 Å². The molecule has 0 aliphatic carbocycles. The van der Waals surface area contributed by atoms with Crippen molar-refractivity contribution in [2.24, 2.45) is 0 Å². The van der Waals surface area contributed by atoms with Crippen molar-refractivity contribution in [3.05, 3.63) is 30.3 Å². The van der Waals surface area contributed by atoms with E-state index in [1.807, 2.05) is 6.07 Å². The summed E-state index contributed by atoms with van der Waals surface area (Å²) in [6, 6.07) is 8.90. The maximum absolute atomic E-state index is 9.75. The highest BCUT2D eigenvalue weighted by molar-refractivity contribution is 5.85. The van der Waals surface area contributed by atoms with Gasteiger partial charge in [0.05, 0.1) is 0 Å². The Morgan fingerprint density at radius 1 is 1.20 bits per heavy atom. The van der Waals surface area contributed by atoms with Gasteiger partial charge in [0.2, 0.25) is 0 Å². The second-order valence-electron chi connectivity index (χ2n) is 1.53. The number of hydrogen-bond acceptors (Lipinski definition) is 2. The second kappa shape index (κ2) is 4.82. The Morgan fingerprint density at radius 2 is 1.80 bits per heavy atom. The van der Waals surface area contributed by atoms with Gasteiger partial charge in [-0.05, 0) is 12.1 Å². The van der Waals surface area contributed by atoms with Crippen LogP contribution in [0, 0.1) is 0 Å². The molecule has 0 saturated carbocycles. The molecule has 0 aromatic heterocycles. The molecule has 0 aliphatic rings. The first-order valence-electron chi connectivity index (χ1n) is 2.59. The molecule has 1 aromatic carbocycles. The largest absolute Gasteiger partial charge is 0.429 e. The fourth-order valence-electron chi connectivity index (χ4n) is 0.555. The van der Waals surface area contributed by atoms with Crippen LogP contribution in [-0.2, 0) is 4.79 Å². The fourth-order valence-corrected chi connectivity index (χ4v) is 0.555. The van der Waals surface area contributed by atoms with Gasteiger partial charge in [0.15, 0.2) is 0 Å². The lowest BCUT2D eigenvalue weighted by Gasteiger charge is -1.92. The number of rotatable bonds is 2. The van der Waals surface area contributed by atoms with Crippen molar-refractivity contribution in [2.45, 2.75) is 0 Å². The molecule has 0 saturated heterocycles. The van der Waals surface area contributed by atoms with E-state index in [1.54, 1.807) is 24.3 Å². The zero-order chi connectivity index (χ0) is 6.53. The van der Waals surface area contributed by atoms with Crippen LogP contribution in [-0.4, -0.2) is 6.47 Å². The molecule has 2 nitrogen and oxygen atoms in total. The van der Waals surface area contributed by atoms with Crippen LogP contribution in [0.2, 0.25) is 0 Å². The van der Waals surface area contributed by atoms with Gasteiger partial charge < -0.3 is 4.74 Å². The van der Waals surface area contributed by atoms with Gasteiger partial charge in [-0.2, -0.15) is 0 Å². The molecule has 0 atom stereocenters. The molecule has 0 unspecified atom stereocenters. The van der Waals surface area contributed by atoms with Gasteiger partial charge in [0, 0.05) is 0 Å². The van der Waals surface area contributed by atoms with Crippen molar-refractivity contribution in [1.29, 1.82) is 0 Å². The van der Waals surface area contributed by atoms with E-state index in [0.717, 1.165) is 0 Å². The summed E-state index contributed by atoms with van der Waals surface area (Å²) < 4.78 is 4.53. The van der Waals surface area contributed by atoms with E-state index in [0.29, 0.717) is 12.2 Å². The van der Waals surface area contributed by atoms with Crippen LogP contribution in [0.4, 0.5) is 0 Å². The summed E-state index contributed by atoms with van der Waals surface area (Å²) in [6.45, 7) is 0.412. The fraction of sp³-hybridized carbons (Fsp3) is 0. The quantitative estimate of drug-likeness (QED) is 0.612. The number of halogens is 1. The average molecular weight is 159 g/mol. The molecule has 1 rings (SSSR count). The molecule has 0 amide bonds. The lowest BCUT2D eigenvalue weighted by molar-refractivity contribution is -0.120. The van der Waals surface area contributed by atoms with Crippen LogP contribution >= 0.6 is 12.4 Å². The normalized spacial score (nSPS) is 7.60. The maximum atomic E-state index is 9.75. The minimum absolute atomic E-state index is 0. The number of benzene rings is 1. The smallest absolute Gasteiger partial charge is 0.298 e. The van der Waals surface area contributed by atoms with Crippen LogP contribution in [0.15, 0.2) is 30.3 Å². The van der Waals surface area contributed by atoms with E-state index in [1.165, 1.54) is 0 Å². The van der Waals surface area contributed by atoms with Gasteiger partial charge >= 0.3 is 0 Å². The topological polar surface area (TPSA) is 26.3 Å². The highest BCUT2D eigenvalue weighted by Crippen LogP contribution is 2.05. The Kier molecular flexibility index (Phi) is 4.33. The molecule has 0 spiro atoms. The molecule has 1 aromatic rings. The second-order valence-corrected chi connectivity index (χ2v) is 1.53. The van der Waals surface area contributed by atoms with Gasteiger partial charge in [-0.25, -0.2) is 0 Å². The van der Waals surface area contributed by atoms with E-state index >= 15 is 0 Å². The highest BCUT2D eigenvalue weighted by Gasteiger charge is 1.84. The molecule has 0 radical (unpaired) electrons. The molecule has 3 heteroatoms. The lowest BCUT2D eigenvalue weighted by atomic mass is 10.3. The summed E-state index contributed by atoms with van der Waals surface area (Å²) in [4.78, 5) is 9.75. The summed E-state index contributed by atoms with van der Waals surface area (Å²) in [5.74, 6) is 0.576. The number of hydrogen-bond donors (Lipinski definition) is 0. The van der Waals surface area contributed by atoms with E-state index in [9.17, 15) is 4.79 Å². The molecule has 54 valence electrons. The monoisotopic (exact) mass is 158 g/mol. The van der Waals surface area contributed by atoms with Crippen LogP contribution in [0.25, 0.3) is 0 Å². The number of carbonyl (C=O) groups is 1. The van der Waals surface area contributed by atoms with Gasteiger partial charge in [-0.1, -0.05) is 18.2 Å². The predicted octanol–water partition coefficient (Wildman–Crippen LogP) is 1.64. The van der Waals surface area contributed by atoms with E-state index in [-0.39, 0.29) is 12.4 Å². The zero-order valence-electron chi connectivity index (χ0n) is 5.19. The van der Waals surface area contributed by atoms with Crippen molar-refractivity contribution in [1.82, 2.24) is 0 Å². The Bertz CT molecular complexity index is 186. The number of carbonyl (C=O) groups excluding carboxylic acids is 1. The lowest BCUT2D eigenvalue weighted by Crippen LogP contribution is -1.85. The standard InChI is InChI=1S/C7H6O2.ClH/c8-6-9-7-4-2-1-3-5-7;/h1-6H;1H. The molecule has 0 heterocycles. The summed E-state index contributed by atoms with van der Waals surface area (Å²) >= 11 is 0.